The van der Waals surface area contributed by atoms with Gasteiger partial charge in [-0.25, -0.2) is 0 Å². The van der Waals surface area contributed by atoms with Crippen molar-refractivity contribution < 1.29 is 4.79 Å². The maximum atomic E-state index is 11.9. The molecule has 0 saturated carbocycles. The lowest BCUT2D eigenvalue weighted by molar-refractivity contribution is -0.133. The van der Waals surface area contributed by atoms with Crippen molar-refractivity contribution in [2.75, 3.05) is 37.7 Å². The van der Waals surface area contributed by atoms with Gasteiger partial charge in [-0.15, -0.1) is 5.10 Å². The van der Waals surface area contributed by atoms with Gasteiger partial charge in [0.05, 0.1) is 11.7 Å². The molecule has 7 nitrogen and oxygen atoms in total. The highest BCUT2D eigenvalue weighted by Crippen LogP contribution is 2.19. The Labute approximate surface area is 147 Å². The predicted molar refractivity (Wildman–Crippen MR) is 95.6 cm³/mol. The van der Waals surface area contributed by atoms with Crippen LogP contribution in [0.1, 0.15) is 25.5 Å². The fourth-order valence-corrected chi connectivity index (χ4v) is 4.36. The molecular formula is C16H28N6OS. The first-order valence-electron chi connectivity index (χ1n) is 8.85. The van der Waals surface area contributed by atoms with Crippen LogP contribution < -0.4 is 5.73 Å². The van der Waals surface area contributed by atoms with Crippen LogP contribution in [0.2, 0.25) is 0 Å². The Hall–Kier alpha value is -1.12. The summed E-state index contributed by atoms with van der Waals surface area (Å²) in [5.74, 6) is 3.05. The number of nitrogens with zero attached hydrogens (tertiary/aromatic N) is 5. The molecule has 3 heterocycles. The normalized spacial score (nSPS) is 21.8. The second-order valence-corrected chi connectivity index (χ2v) is 8.10. The molecule has 2 N–H and O–H groups in total. The lowest BCUT2D eigenvalue weighted by Gasteiger charge is -2.32. The summed E-state index contributed by atoms with van der Waals surface area (Å²) in [6, 6.07) is -0.396. The lowest BCUT2D eigenvalue weighted by atomic mass is 9.96. The standard InChI is InChI=1S/C16H28N6OS/c1-13(17)16(23)21-4-2-14(3-5-21)10-22-12-15(18-19-22)11-20-6-8-24-9-7-20/h12-14H,2-11,17H2,1H3/t13-/m1/s1. The van der Waals surface area contributed by atoms with E-state index in [1.54, 1.807) is 6.92 Å². The van der Waals surface area contributed by atoms with Gasteiger partial charge in [-0.05, 0) is 25.7 Å². The van der Waals surface area contributed by atoms with Gasteiger partial charge in [0.15, 0.2) is 0 Å². The van der Waals surface area contributed by atoms with Crippen LogP contribution in [-0.4, -0.2) is 74.4 Å². The molecule has 0 aromatic carbocycles. The largest absolute Gasteiger partial charge is 0.341 e. The minimum absolute atomic E-state index is 0.0659. The van der Waals surface area contributed by atoms with Crippen LogP contribution in [0.5, 0.6) is 0 Å². The molecule has 1 amide bonds. The monoisotopic (exact) mass is 352 g/mol. The van der Waals surface area contributed by atoms with Gasteiger partial charge in [-0.1, -0.05) is 5.21 Å². The number of rotatable bonds is 5. The van der Waals surface area contributed by atoms with E-state index in [9.17, 15) is 4.79 Å². The summed E-state index contributed by atoms with van der Waals surface area (Å²) in [5.41, 5.74) is 6.75. The summed E-state index contributed by atoms with van der Waals surface area (Å²) < 4.78 is 1.97. The summed E-state index contributed by atoms with van der Waals surface area (Å²) >= 11 is 2.02. The van der Waals surface area contributed by atoms with Gasteiger partial charge >= 0.3 is 0 Å². The van der Waals surface area contributed by atoms with Crippen LogP contribution in [-0.2, 0) is 17.9 Å². The van der Waals surface area contributed by atoms with E-state index in [4.69, 9.17) is 5.73 Å². The number of aromatic nitrogens is 3. The van der Waals surface area contributed by atoms with Crippen molar-refractivity contribution in [2.45, 2.75) is 38.9 Å². The number of carbonyl (C=O) groups is 1. The van der Waals surface area contributed by atoms with E-state index in [0.717, 1.165) is 57.8 Å². The van der Waals surface area contributed by atoms with Gasteiger partial charge in [-0.2, -0.15) is 11.8 Å². The van der Waals surface area contributed by atoms with E-state index in [1.165, 1.54) is 11.5 Å². The van der Waals surface area contributed by atoms with Gasteiger partial charge in [0.25, 0.3) is 0 Å². The molecule has 8 heteroatoms. The molecule has 0 unspecified atom stereocenters. The van der Waals surface area contributed by atoms with E-state index >= 15 is 0 Å². The van der Waals surface area contributed by atoms with Crippen molar-refractivity contribution in [3.05, 3.63) is 11.9 Å². The zero-order chi connectivity index (χ0) is 16.9. The van der Waals surface area contributed by atoms with E-state index < -0.39 is 6.04 Å². The SMILES string of the molecule is C[C@@H](N)C(=O)N1CCC(Cn2cc(CN3CCSCC3)nn2)CC1. The highest BCUT2D eigenvalue weighted by atomic mass is 32.2. The first-order chi connectivity index (χ1) is 11.6. The Morgan fingerprint density at radius 2 is 2.04 bits per heavy atom. The van der Waals surface area contributed by atoms with Crippen molar-refractivity contribution in [1.82, 2.24) is 24.8 Å². The van der Waals surface area contributed by atoms with Gasteiger partial charge in [-0.3, -0.25) is 14.4 Å². The maximum absolute atomic E-state index is 11.9. The molecular weight excluding hydrogens is 324 g/mol. The number of hydrogen-bond donors (Lipinski definition) is 1. The topological polar surface area (TPSA) is 80.3 Å². The summed E-state index contributed by atoms with van der Waals surface area (Å²) in [7, 11) is 0. The smallest absolute Gasteiger partial charge is 0.239 e. The molecule has 3 rings (SSSR count). The Kier molecular flexibility index (Phi) is 6.13. The van der Waals surface area contributed by atoms with Crippen molar-refractivity contribution in [2.24, 2.45) is 11.7 Å². The van der Waals surface area contributed by atoms with Crippen LogP contribution in [0.25, 0.3) is 0 Å². The Morgan fingerprint density at radius 3 is 2.71 bits per heavy atom. The van der Waals surface area contributed by atoms with Crippen LogP contribution in [0, 0.1) is 5.92 Å². The third kappa shape index (κ3) is 4.70. The fourth-order valence-electron chi connectivity index (χ4n) is 3.38. The molecule has 1 atom stereocenters. The number of hydrogen-bond acceptors (Lipinski definition) is 6. The molecule has 2 aliphatic rings. The number of piperidine rings is 1. The zero-order valence-electron chi connectivity index (χ0n) is 14.4. The molecule has 0 radical (unpaired) electrons. The number of amides is 1. The van der Waals surface area contributed by atoms with Crippen LogP contribution in [0.4, 0.5) is 0 Å². The number of likely N-dealkylation sites (tertiary alicyclic amines) is 1. The fraction of sp³-hybridized carbons (Fsp3) is 0.812. The third-order valence-corrected chi connectivity index (χ3v) is 5.78. The molecule has 24 heavy (non-hydrogen) atoms. The second-order valence-electron chi connectivity index (χ2n) is 6.88. The third-order valence-electron chi connectivity index (χ3n) is 4.84. The second kappa shape index (κ2) is 8.31. The van der Waals surface area contributed by atoms with Gasteiger partial charge in [0.1, 0.15) is 0 Å². The lowest BCUT2D eigenvalue weighted by Crippen LogP contribution is -2.46. The molecule has 0 bridgehead atoms. The van der Waals surface area contributed by atoms with Crippen LogP contribution in [0.15, 0.2) is 6.20 Å². The first-order valence-corrected chi connectivity index (χ1v) is 10.0. The minimum Gasteiger partial charge on any atom is -0.341 e. The summed E-state index contributed by atoms with van der Waals surface area (Å²) in [5, 5.41) is 8.62. The molecule has 0 aliphatic carbocycles. The van der Waals surface area contributed by atoms with Crippen molar-refractivity contribution >= 4 is 17.7 Å². The Balaban J connectivity index is 1.45. The Bertz CT molecular complexity index is 534. The van der Waals surface area contributed by atoms with E-state index in [-0.39, 0.29) is 5.91 Å². The van der Waals surface area contributed by atoms with Crippen molar-refractivity contribution in [3.63, 3.8) is 0 Å². The molecule has 0 spiro atoms. The zero-order valence-corrected chi connectivity index (χ0v) is 15.2. The van der Waals surface area contributed by atoms with Crippen molar-refractivity contribution in [3.8, 4) is 0 Å². The molecule has 2 saturated heterocycles. The first kappa shape index (κ1) is 17.7. The molecule has 2 aliphatic heterocycles. The average molecular weight is 353 g/mol. The maximum Gasteiger partial charge on any atom is 0.239 e. The number of carbonyl (C=O) groups excluding carboxylic acids is 1. The highest BCUT2D eigenvalue weighted by Gasteiger charge is 2.25. The minimum atomic E-state index is -0.396. The quantitative estimate of drug-likeness (QED) is 0.827. The van der Waals surface area contributed by atoms with Crippen LogP contribution in [0.3, 0.4) is 0 Å². The molecule has 134 valence electrons. The van der Waals surface area contributed by atoms with Crippen LogP contribution >= 0.6 is 11.8 Å². The van der Waals surface area contributed by atoms with Gasteiger partial charge < -0.3 is 10.6 Å². The highest BCUT2D eigenvalue weighted by molar-refractivity contribution is 7.99. The van der Waals surface area contributed by atoms with Gasteiger partial charge in [0.2, 0.25) is 5.91 Å². The van der Waals surface area contributed by atoms with E-state index in [1.807, 2.05) is 21.3 Å². The molecule has 2 fully saturated rings. The summed E-state index contributed by atoms with van der Waals surface area (Å²) in [6.07, 6.45) is 4.11. The summed E-state index contributed by atoms with van der Waals surface area (Å²) in [4.78, 5) is 16.3. The Morgan fingerprint density at radius 1 is 1.33 bits per heavy atom. The van der Waals surface area contributed by atoms with E-state index in [0.29, 0.717) is 5.92 Å². The predicted octanol–water partition coefficient (Wildman–Crippen LogP) is 0.413. The van der Waals surface area contributed by atoms with Crippen molar-refractivity contribution in [1.29, 1.82) is 0 Å². The van der Waals surface area contributed by atoms with E-state index in [2.05, 4.69) is 21.4 Å². The number of nitrogens with two attached hydrogens (primary N) is 1. The molecule has 1 aromatic heterocycles. The number of thioether (sulfide) groups is 1. The van der Waals surface area contributed by atoms with Gasteiger partial charge in [0, 0.05) is 57.0 Å². The average Bonchev–Trinajstić information content (AvgIpc) is 3.02. The molecule has 1 aromatic rings. The summed E-state index contributed by atoms with van der Waals surface area (Å²) in [6.45, 7) is 7.45.